The highest BCUT2D eigenvalue weighted by molar-refractivity contribution is 5.86. The van der Waals surface area contributed by atoms with Crippen molar-refractivity contribution in [2.24, 2.45) is 0 Å². The molecule has 30 nitrogen and oxygen atoms in total. The summed E-state index contributed by atoms with van der Waals surface area (Å²) in [5, 5.41) is 70.2. The molecule has 0 saturated carbocycles. The van der Waals surface area contributed by atoms with Crippen LogP contribution in [0.25, 0.3) is 0 Å². The lowest BCUT2D eigenvalue weighted by atomic mass is 10.0. The van der Waals surface area contributed by atoms with Crippen molar-refractivity contribution >= 4 is 71.3 Å². The number of hydrogen-bond donors (Lipinski definition) is 11. The van der Waals surface area contributed by atoms with Crippen LogP contribution in [0.5, 0.6) is 0 Å². The zero-order valence-electron chi connectivity index (χ0n) is 52.7. The minimum Gasteiger partial charge on any atom is -0.481 e. The minimum atomic E-state index is -1.49. The van der Waals surface area contributed by atoms with E-state index in [2.05, 4.69) is 60.0 Å². The minimum absolute atomic E-state index is 0.0498. The second-order valence-corrected chi connectivity index (χ2v) is 22.7. The van der Waals surface area contributed by atoms with Crippen LogP contribution in [0.1, 0.15) is 116 Å². The fraction of sp³-hybridized carbons (Fsp3) is 0.717. The lowest BCUT2D eigenvalue weighted by Gasteiger charge is -2.37. The number of rotatable bonds is 44. The van der Waals surface area contributed by atoms with Gasteiger partial charge in [0.2, 0.25) is 23.8 Å². The topological polar surface area (TPSA) is 395 Å². The number of aromatic nitrogens is 3. The number of likely N-dealkylation sites (N-methyl/N-ethyl adjacent to an activating group) is 2. The Morgan fingerprint density at radius 3 is 1.69 bits per heavy atom. The molecular formula is C60H100N14O16. The van der Waals surface area contributed by atoms with E-state index < -0.39 is 60.4 Å². The number of benzene rings is 1. The summed E-state index contributed by atoms with van der Waals surface area (Å²) in [4.78, 5) is 121. The van der Waals surface area contributed by atoms with Crippen LogP contribution in [0.4, 0.5) is 28.3 Å². The number of unbranched alkanes of at least 4 members (excludes halogenated alkanes) is 8. The largest absolute Gasteiger partial charge is 0.481 e. The number of ether oxygens (including phenoxy) is 2. The quantitative estimate of drug-likeness (QED) is 0.0425. The van der Waals surface area contributed by atoms with Crippen molar-refractivity contribution in [3.05, 3.63) is 29.8 Å². The maximum absolute atomic E-state index is 12.4. The van der Waals surface area contributed by atoms with Crippen molar-refractivity contribution in [3.8, 4) is 0 Å². The molecule has 1 unspecified atom stereocenters. The van der Waals surface area contributed by atoms with Gasteiger partial charge in [-0.1, -0.05) is 64.5 Å². The summed E-state index contributed by atoms with van der Waals surface area (Å²) in [5.41, 5.74) is 1.69. The number of carboxylic acid groups (broad SMARTS) is 6. The van der Waals surface area contributed by atoms with E-state index in [9.17, 15) is 58.8 Å². The summed E-state index contributed by atoms with van der Waals surface area (Å²) >= 11 is 0. The van der Waals surface area contributed by atoms with Gasteiger partial charge in [0.25, 0.3) is 0 Å². The predicted octanol–water partition coefficient (Wildman–Crippen LogP) is 2.87. The monoisotopic (exact) mass is 1270 g/mol. The van der Waals surface area contributed by atoms with E-state index in [-0.39, 0.29) is 57.5 Å². The van der Waals surface area contributed by atoms with E-state index >= 15 is 0 Å². The van der Waals surface area contributed by atoms with Crippen molar-refractivity contribution in [1.29, 1.82) is 0 Å². The van der Waals surface area contributed by atoms with E-state index in [1.165, 1.54) is 0 Å². The number of carboxylic acids is 6. The van der Waals surface area contributed by atoms with Crippen LogP contribution >= 0.6 is 0 Å². The van der Waals surface area contributed by atoms with E-state index in [0.29, 0.717) is 116 Å². The smallest absolute Gasteiger partial charge is 0.326 e. The van der Waals surface area contributed by atoms with Gasteiger partial charge >= 0.3 is 41.8 Å². The zero-order valence-corrected chi connectivity index (χ0v) is 52.7. The SMILES string of the molecule is CCN1CCN(CC)CCN(CC(=O)O)C(Cc2ccc(Nc3nc(NCCOCCOCCC(=O)O)nc(N4CCN(CCCCCCCCCCC(=O)NCCCC[C@H](NC(=O)N[C@@H](CCC(=O)O)C(=O)O)C(=O)O)CC4)n3)cc2)CN(CC(=O)O)CC1. The number of amides is 3. The lowest BCUT2D eigenvalue weighted by Crippen LogP contribution is -2.52. The standard InChI is InChI=1S/C60H100N14O16/c1-3-69-27-28-70(4-2)31-36-74(44-54(82)83)47(42-72(30-29-69)43-53(80)81)41-45-17-19-46(20-18-45)63-58-66-57(62-25-38-90-40-39-89-37-23-52(78)79)67-59(68-58)73-34-32-71(33-35-73)26-14-10-8-6-5-7-9-11-16-50(75)61-24-13-12-15-48(55(84)85)64-60(88)65-49(56(86)87)21-22-51(76)77/h17-20,47-49H,3-16,21-44H2,1-2H3,(H,61,75)(H,76,77)(H,78,79)(H,80,81)(H,82,83)(H,84,85)(H,86,87)(H2,64,65,88)(H2,62,63,66,67,68)/t47?,48-,49-/m0/s1. The third-order valence-corrected chi connectivity index (χ3v) is 15.8. The van der Waals surface area contributed by atoms with E-state index in [0.717, 1.165) is 108 Å². The Kier molecular flexibility index (Phi) is 36.5. The zero-order chi connectivity index (χ0) is 65.5. The molecule has 3 amide bonds. The fourth-order valence-corrected chi connectivity index (χ4v) is 10.6. The summed E-state index contributed by atoms with van der Waals surface area (Å²) in [6.45, 7) is 15.9. The van der Waals surface area contributed by atoms with Crippen LogP contribution in [-0.2, 0) is 49.5 Å². The lowest BCUT2D eigenvalue weighted by molar-refractivity contribution is -0.141. The van der Waals surface area contributed by atoms with Crippen LogP contribution < -0.4 is 31.5 Å². The third kappa shape index (κ3) is 32.6. The normalized spacial score (nSPS) is 16.6. The maximum atomic E-state index is 12.4. The van der Waals surface area contributed by atoms with Gasteiger partial charge in [-0.2, -0.15) is 15.0 Å². The fourth-order valence-electron chi connectivity index (χ4n) is 10.6. The summed E-state index contributed by atoms with van der Waals surface area (Å²) in [7, 11) is 0. The van der Waals surface area contributed by atoms with Crippen molar-refractivity contribution < 1.29 is 78.5 Å². The average molecular weight is 1270 g/mol. The first-order valence-corrected chi connectivity index (χ1v) is 31.9. The molecule has 506 valence electrons. The first kappa shape index (κ1) is 75.4. The van der Waals surface area contributed by atoms with Gasteiger partial charge in [-0.05, 0) is 82.3 Å². The molecule has 11 N–H and O–H groups in total. The number of carbonyl (C=O) groups is 8. The highest BCUT2D eigenvalue weighted by Gasteiger charge is 2.28. The Hall–Kier alpha value is -7.09. The van der Waals surface area contributed by atoms with E-state index in [1.807, 2.05) is 34.1 Å². The highest BCUT2D eigenvalue weighted by atomic mass is 16.5. The summed E-state index contributed by atoms with van der Waals surface area (Å²) in [6, 6.07) is 3.74. The molecule has 2 fully saturated rings. The maximum Gasteiger partial charge on any atom is 0.326 e. The molecule has 0 aliphatic carbocycles. The van der Waals surface area contributed by atoms with Crippen LogP contribution in [0.15, 0.2) is 24.3 Å². The van der Waals surface area contributed by atoms with Crippen LogP contribution in [0.2, 0.25) is 0 Å². The number of piperazine rings is 1. The molecule has 0 bridgehead atoms. The molecule has 30 heteroatoms. The van der Waals surface area contributed by atoms with Crippen LogP contribution in [0.3, 0.4) is 0 Å². The van der Waals surface area contributed by atoms with Crippen LogP contribution in [-0.4, -0.2) is 280 Å². The number of urea groups is 1. The number of carbonyl (C=O) groups excluding carboxylic acids is 2. The Morgan fingerprint density at radius 1 is 0.533 bits per heavy atom. The number of aliphatic carboxylic acids is 6. The van der Waals surface area contributed by atoms with E-state index in [1.54, 1.807) is 0 Å². The molecule has 2 saturated heterocycles. The molecule has 3 atom stereocenters. The van der Waals surface area contributed by atoms with Gasteiger partial charge < -0.3 is 81.4 Å². The summed E-state index contributed by atoms with van der Waals surface area (Å²) < 4.78 is 11.0. The number of nitrogens with zero attached hydrogens (tertiary/aromatic N) is 9. The molecular weight excluding hydrogens is 1170 g/mol. The molecule has 2 aliphatic heterocycles. The van der Waals surface area contributed by atoms with Crippen molar-refractivity contribution in [3.63, 3.8) is 0 Å². The van der Waals surface area contributed by atoms with Gasteiger partial charge in [0.15, 0.2) is 0 Å². The van der Waals surface area contributed by atoms with Crippen molar-refractivity contribution in [1.82, 2.24) is 55.4 Å². The Balaban J connectivity index is 1.22. The molecule has 90 heavy (non-hydrogen) atoms. The number of anilines is 4. The van der Waals surface area contributed by atoms with Crippen LogP contribution in [0, 0.1) is 0 Å². The molecule has 1 aromatic carbocycles. The Bertz CT molecular complexity index is 2480. The average Bonchev–Trinajstić information content (AvgIpc) is 1.10. The molecule has 2 aromatic rings. The van der Waals surface area contributed by atoms with Crippen molar-refractivity contribution in [2.75, 3.05) is 160 Å². The van der Waals surface area contributed by atoms with Gasteiger partial charge in [0.05, 0.1) is 45.9 Å². The first-order chi connectivity index (χ1) is 43.3. The second-order valence-electron chi connectivity index (χ2n) is 22.7. The van der Waals surface area contributed by atoms with Crippen molar-refractivity contribution in [2.45, 2.75) is 135 Å². The summed E-state index contributed by atoms with van der Waals surface area (Å²) in [6.07, 6.45) is 9.11. The van der Waals surface area contributed by atoms with Gasteiger partial charge in [0.1, 0.15) is 12.1 Å². The first-order valence-electron chi connectivity index (χ1n) is 31.9. The predicted molar refractivity (Wildman–Crippen MR) is 335 cm³/mol. The Labute approximate surface area is 527 Å². The molecule has 2 aliphatic rings. The number of hydrogen-bond acceptors (Lipinski definition) is 21. The summed E-state index contributed by atoms with van der Waals surface area (Å²) in [5.74, 6) is -5.64. The molecule has 1 aromatic heterocycles. The molecule has 0 radical (unpaired) electrons. The van der Waals surface area contributed by atoms with Gasteiger partial charge in [-0.3, -0.25) is 38.7 Å². The number of nitrogens with one attached hydrogen (secondary N) is 5. The Morgan fingerprint density at radius 2 is 1.09 bits per heavy atom. The van der Waals surface area contributed by atoms with Gasteiger partial charge in [0, 0.05) is 110 Å². The highest BCUT2D eigenvalue weighted by Crippen LogP contribution is 2.22. The molecule has 3 heterocycles. The molecule has 4 rings (SSSR count). The van der Waals surface area contributed by atoms with Gasteiger partial charge in [-0.25, -0.2) is 14.4 Å². The second kappa shape index (κ2) is 43.6. The third-order valence-electron chi connectivity index (χ3n) is 15.8. The van der Waals surface area contributed by atoms with Gasteiger partial charge in [-0.15, -0.1) is 0 Å². The van der Waals surface area contributed by atoms with E-state index in [4.69, 9.17) is 34.6 Å². The molecule has 0 spiro atoms.